The minimum absolute atomic E-state index is 0.144. The molecule has 1 aliphatic rings. The van der Waals surface area contributed by atoms with Crippen molar-refractivity contribution in [2.45, 2.75) is 13.0 Å². The average molecular weight is 284 g/mol. The summed E-state index contributed by atoms with van der Waals surface area (Å²) in [7, 11) is 0. The summed E-state index contributed by atoms with van der Waals surface area (Å²) in [5, 5.41) is 12.8. The van der Waals surface area contributed by atoms with Gasteiger partial charge < -0.3 is 9.26 Å². The maximum atomic E-state index is 8.80. The second-order valence-corrected chi connectivity index (χ2v) is 4.90. The van der Waals surface area contributed by atoms with Crippen LogP contribution in [0.5, 0.6) is 0 Å². The third-order valence-electron chi connectivity index (χ3n) is 3.59. The fourth-order valence-corrected chi connectivity index (χ4v) is 2.32. The van der Waals surface area contributed by atoms with Gasteiger partial charge >= 0.3 is 0 Å². The maximum Gasteiger partial charge on any atom is 0.258 e. The Morgan fingerprint density at radius 1 is 1.38 bits per heavy atom. The molecule has 2 heterocycles. The number of hydrogen-bond donors (Lipinski definition) is 0. The molecule has 1 aromatic carbocycles. The Kier molecular flexibility index (Phi) is 3.95. The smallest absolute Gasteiger partial charge is 0.258 e. The predicted molar refractivity (Wildman–Crippen MR) is 75.3 cm³/mol. The zero-order chi connectivity index (χ0) is 14.7. The van der Waals surface area contributed by atoms with Crippen molar-refractivity contribution in [2.24, 2.45) is 0 Å². The minimum Gasteiger partial charge on any atom is -0.367 e. The summed E-state index contributed by atoms with van der Waals surface area (Å²) in [6.07, 6.45) is -0.144. The summed E-state index contributed by atoms with van der Waals surface area (Å²) in [6, 6.07) is 9.15. The monoisotopic (exact) mass is 284 g/mol. The van der Waals surface area contributed by atoms with Crippen molar-refractivity contribution in [1.29, 1.82) is 5.26 Å². The Morgan fingerprint density at radius 3 is 2.90 bits per heavy atom. The Hall–Kier alpha value is -2.23. The maximum absolute atomic E-state index is 8.80. The van der Waals surface area contributed by atoms with Crippen LogP contribution < -0.4 is 0 Å². The molecule has 0 spiro atoms. The number of rotatable bonds is 3. The Morgan fingerprint density at radius 2 is 2.19 bits per heavy atom. The van der Waals surface area contributed by atoms with Crippen molar-refractivity contribution >= 4 is 0 Å². The molecule has 1 aliphatic heterocycles. The van der Waals surface area contributed by atoms with Gasteiger partial charge in [-0.2, -0.15) is 10.2 Å². The van der Waals surface area contributed by atoms with Crippen LogP contribution in [0.15, 0.2) is 28.8 Å². The normalized spacial score (nSPS) is 19.3. The van der Waals surface area contributed by atoms with E-state index in [-0.39, 0.29) is 6.10 Å². The fourth-order valence-electron chi connectivity index (χ4n) is 2.32. The standard InChI is InChI=1S/C15H16N4O2/c1-2-19-7-8-20-13(10-19)14-17-15(21-18-14)12-5-3-11(9-16)4-6-12/h3-6,13H,2,7-8,10H2,1H3. The molecule has 1 atom stereocenters. The van der Waals surface area contributed by atoms with Crippen molar-refractivity contribution in [3.05, 3.63) is 35.7 Å². The number of nitriles is 1. The van der Waals surface area contributed by atoms with Crippen LogP contribution in [-0.2, 0) is 4.74 Å². The highest BCUT2D eigenvalue weighted by Gasteiger charge is 2.25. The first-order valence-corrected chi connectivity index (χ1v) is 6.98. The molecular weight excluding hydrogens is 268 g/mol. The van der Waals surface area contributed by atoms with Gasteiger partial charge in [0.05, 0.1) is 18.2 Å². The van der Waals surface area contributed by atoms with Crippen LogP contribution in [0.3, 0.4) is 0 Å². The van der Waals surface area contributed by atoms with E-state index in [1.807, 2.05) is 0 Å². The summed E-state index contributed by atoms with van der Waals surface area (Å²) in [5.74, 6) is 1.03. The zero-order valence-corrected chi connectivity index (χ0v) is 11.8. The molecule has 0 amide bonds. The van der Waals surface area contributed by atoms with E-state index in [1.165, 1.54) is 0 Å². The van der Waals surface area contributed by atoms with Crippen LogP contribution in [0.25, 0.3) is 11.5 Å². The van der Waals surface area contributed by atoms with Crippen LogP contribution in [0.1, 0.15) is 24.4 Å². The number of aromatic nitrogens is 2. The highest BCUT2D eigenvalue weighted by atomic mass is 16.5. The van der Waals surface area contributed by atoms with E-state index < -0.39 is 0 Å². The van der Waals surface area contributed by atoms with Gasteiger partial charge in [-0.3, -0.25) is 4.90 Å². The summed E-state index contributed by atoms with van der Waals surface area (Å²) in [6.45, 7) is 5.51. The lowest BCUT2D eigenvalue weighted by molar-refractivity contribution is -0.0334. The number of hydrogen-bond acceptors (Lipinski definition) is 6. The Labute approximate surface area is 122 Å². The lowest BCUT2D eigenvalue weighted by Crippen LogP contribution is -2.38. The third-order valence-corrected chi connectivity index (χ3v) is 3.59. The SMILES string of the molecule is CCN1CCOC(c2noc(-c3ccc(C#N)cc3)n2)C1. The van der Waals surface area contributed by atoms with Gasteiger partial charge in [-0.25, -0.2) is 0 Å². The molecule has 1 unspecified atom stereocenters. The first-order valence-electron chi connectivity index (χ1n) is 6.98. The van der Waals surface area contributed by atoms with Gasteiger partial charge in [-0.05, 0) is 30.8 Å². The summed E-state index contributed by atoms with van der Waals surface area (Å²) >= 11 is 0. The van der Waals surface area contributed by atoms with Gasteiger partial charge in [-0.1, -0.05) is 12.1 Å². The number of morpholine rings is 1. The van der Waals surface area contributed by atoms with Gasteiger partial charge in [0, 0.05) is 18.7 Å². The molecule has 0 N–H and O–H groups in total. The van der Waals surface area contributed by atoms with Crippen molar-refractivity contribution in [3.63, 3.8) is 0 Å². The molecule has 108 valence electrons. The molecule has 0 saturated carbocycles. The van der Waals surface area contributed by atoms with Crippen molar-refractivity contribution in [1.82, 2.24) is 15.0 Å². The molecule has 2 aromatic rings. The predicted octanol–water partition coefficient (Wildman–Crippen LogP) is 2.00. The number of likely N-dealkylation sites (N-methyl/N-ethyl adjacent to an activating group) is 1. The first-order chi connectivity index (χ1) is 10.3. The minimum atomic E-state index is -0.144. The molecule has 21 heavy (non-hydrogen) atoms. The van der Waals surface area contributed by atoms with Gasteiger partial charge in [-0.15, -0.1) is 0 Å². The van der Waals surface area contributed by atoms with Crippen LogP contribution in [0.2, 0.25) is 0 Å². The van der Waals surface area contributed by atoms with E-state index in [9.17, 15) is 0 Å². The van der Waals surface area contributed by atoms with E-state index in [0.29, 0.717) is 23.9 Å². The Balaban J connectivity index is 1.77. The molecule has 0 bridgehead atoms. The highest BCUT2D eigenvalue weighted by Crippen LogP contribution is 2.23. The molecule has 1 saturated heterocycles. The first kappa shape index (κ1) is 13.7. The van der Waals surface area contributed by atoms with Crippen molar-refractivity contribution in [3.8, 4) is 17.5 Å². The quantitative estimate of drug-likeness (QED) is 0.858. The molecule has 0 aliphatic carbocycles. The number of ether oxygens (including phenoxy) is 1. The lowest BCUT2D eigenvalue weighted by atomic mass is 10.1. The third kappa shape index (κ3) is 2.94. The molecule has 1 aromatic heterocycles. The number of nitrogens with zero attached hydrogens (tertiary/aromatic N) is 4. The molecule has 3 rings (SSSR count). The van der Waals surface area contributed by atoms with Gasteiger partial charge in [0.2, 0.25) is 5.82 Å². The summed E-state index contributed by atoms with van der Waals surface area (Å²) in [5.41, 5.74) is 1.41. The number of benzene rings is 1. The van der Waals surface area contributed by atoms with Crippen molar-refractivity contribution in [2.75, 3.05) is 26.2 Å². The zero-order valence-electron chi connectivity index (χ0n) is 11.8. The van der Waals surface area contributed by atoms with Crippen LogP contribution in [-0.4, -0.2) is 41.3 Å². The molecule has 0 radical (unpaired) electrons. The molecule has 6 nitrogen and oxygen atoms in total. The largest absolute Gasteiger partial charge is 0.367 e. The van der Waals surface area contributed by atoms with E-state index in [0.717, 1.165) is 25.2 Å². The van der Waals surface area contributed by atoms with Crippen LogP contribution in [0.4, 0.5) is 0 Å². The van der Waals surface area contributed by atoms with Crippen LogP contribution >= 0.6 is 0 Å². The topological polar surface area (TPSA) is 75.2 Å². The summed E-state index contributed by atoms with van der Waals surface area (Å²) < 4.78 is 11.0. The van der Waals surface area contributed by atoms with Crippen molar-refractivity contribution < 1.29 is 9.26 Å². The highest BCUT2D eigenvalue weighted by molar-refractivity contribution is 5.54. The molecule has 1 fully saturated rings. The van der Waals surface area contributed by atoms with Gasteiger partial charge in [0.15, 0.2) is 0 Å². The van der Waals surface area contributed by atoms with Crippen LogP contribution in [0, 0.1) is 11.3 Å². The van der Waals surface area contributed by atoms with E-state index in [4.69, 9.17) is 14.5 Å². The second-order valence-electron chi connectivity index (χ2n) is 4.90. The van der Waals surface area contributed by atoms with Gasteiger partial charge in [0.25, 0.3) is 5.89 Å². The van der Waals surface area contributed by atoms with E-state index in [2.05, 4.69) is 28.0 Å². The van der Waals surface area contributed by atoms with Gasteiger partial charge in [0.1, 0.15) is 6.10 Å². The lowest BCUT2D eigenvalue weighted by Gasteiger charge is -2.30. The second kappa shape index (κ2) is 6.04. The Bertz CT molecular complexity index is 644. The van der Waals surface area contributed by atoms with E-state index in [1.54, 1.807) is 24.3 Å². The average Bonchev–Trinajstić information content (AvgIpc) is 3.05. The van der Waals surface area contributed by atoms with E-state index >= 15 is 0 Å². The summed E-state index contributed by atoms with van der Waals surface area (Å²) in [4.78, 5) is 6.71. The fraction of sp³-hybridized carbons (Fsp3) is 0.400. The molecular formula is C15H16N4O2. The molecule has 6 heteroatoms.